The standard InChI is InChI=1S/C24H28N4O3/c1-15(2)22-20(28-13-4-3-8-21(28)26-22)14-16-9-11-17(12-10-16)23(29)25-19-7-5-6-18(19)24(30)27-31/h3-4,8-13,15,18-19,31H,5-7,14H2,1-2H3,(H,25,29)(H,27,30)/t18-,19+/m0/s1. The van der Waals surface area contributed by atoms with Gasteiger partial charge < -0.3 is 9.72 Å². The maximum Gasteiger partial charge on any atom is 0.251 e. The van der Waals surface area contributed by atoms with Gasteiger partial charge in [-0.05, 0) is 48.6 Å². The van der Waals surface area contributed by atoms with E-state index in [0.717, 1.165) is 41.9 Å². The van der Waals surface area contributed by atoms with Crippen molar-refractivity contribution in [3.8, 4) is 0 Å². The number of carbonyl (C=O) groups is 2. The van der Waals surface area contributed by atoms with Gasteiger partial charge in [0.15, 0.2) is 0 Å². The number of benzene rings is 1. The molecule has 2 heterocycles. The highest BCUT2D eigenvalue weighted by Gasteiger charge is 2.34. The van der Waals surface area contributed by atoms with Crippen LogP contribution in [0, 0.1) is 5.92 Å². The van der Waals surface area contributed by atoms with Crippen LogP contribution in [-0.4, -0.2) is 32.4 Å². The van der Waals surface area contributed by atoms with E-state index in [0.29, 0.717) is 17.9 Å². The summed E-state index contributed by atoms with van der Waals surface area (Å²) in [6.07, 6.45) is 5.00. The average Bonchev–Trinajstić information content (AvgIpc) is 3.38. The summed E-state index contributed by atoms with van der Waals surface area (Å²) >= 11 is 0. The first kappa shape index (κ1) is 21.1. The molecule has 3 aromatic rings. The Kier molecular flexibility index (Phi) is 6.04. The molecule has 0 bridgehead atoms. The molecule has 2 atom stereocenters. The van der Waals surface area contributed by atoms with Gasteiger partial charge >= 0.3 is 0 Å². The lowest BCUT2D eigenvalue weighted by molar-refractivity contribution is -0.133. The van der Waals surface area contributed by atoms with Gasteiger partial charge in [-0.3, -0.25) is 14.8 Å². The molecule has 0 unspecified atom stereocenters. The zero-order valence-electron chi connectivity index (χ0n) is 17.8. The third-order valence-electron chi connectivity index (χ3n) is 6.07. The van der Waals surface area contributed by atoms with Gasteiger partial charge in [-0.25, -0.2) is 10.5 Å². The number of imidazole rings is 1. The topological polar surface area (TPSA) is 95.7 Å². The number of carbonyl (C=O) groups excluding carboxylic acids is 2. The van der Waals surface area contributed by atoms with Crippen LogP contribution in [0.5, 0.6) is 0 Å². The van der Waals surface area contributed by atoms with Crippen molar-refractivity contribution in [1.82, 2.24) is 20.2 Å². The average molecular weight is 421 g/mol. The maximum absolute atomic E-state index is 12.7. The first-order chi connectivity index (χ1) is 15.0. The molecule has 7 heteroatoms. The lowest BCUT2D eigenvalue weighted by Crippen LogP contribution is -2.43. The summed E-state index contributed by atoms with van der Waals surface area (Å²) in [4.78, 5) is 29.3. The zero-order valence-corrected chi connectivity index (χ0v) is 17.8. The molecule has 7 nitrogen and oxygen atoms in total. The second kappa shape index (κ2) is 8.89. The molecular weight excluding hydrogens is 392 g/mol. The minimum atomic E-state index is -0.438. The molecule has 162 valence electrons. The highest BCUT2D eigenvalue weighted by molar-refractivity contribution is 5.95. The quantitative estimate of drug-likeness (QED) is 0.420. The second-order valence-corrected chi connectivity index (χ2v) is 8.49. The van der Waals surface area contributed by atoms with Crippen LogP contribution in [0.1, 0.15) is 66.3 Å². The van der Waals surface area contributed by atoms with E-state index in [2.05, 4.69) is 23.6 Å². The SMILES string of the molecule is CC(C)c1nc2ccccn2c1Cc1ccc(C(=O)N[C@@H]2CCC[C@@H]2C(=O)NO)cc1. The van der Waals surface area contributed by atoms with Gasteiger partial charge in [0.25, 0.3) is 5.91 Å². The van der Waals surface area contributed by atoms with Gasteiger partial charge in [-0.2, -0.15) is 0 Å². The number of rotatable bonds is 6. The van der Waals surface area contributed by atoms with E-state index >= 15 is 0 Å². The van der Waals surface area contributed by atoms with Gasteiger partial charge in [-0.1, -0.05) is 38.5 Å². The molecule has 0 saturated heterocycles. The number of hydrogen-bond acceptors (Lipinski definition) is 4. The Morgan fingerprint density at radius 2 is 1.94 bits per heavy atom. The Labute approximate surface area is 181 Å². The molecule has 4 rings (SSSR count). The molecule has 0 aliphatic heterocycles. The van der Waals surface area contributed by atoms with Gasteiger partial charge in [0.2, 0.25) is 5.91 Å². The molecule has 0 radical (unpaired) electrons. The number of aromatic nitrogens is 2. The fraction of sp³-hybridized carbons (Fsp3) is 0.375. The van der Waals surface area contributed by atoms with E-state index in [4.69, 9.17) is 10.2 Å². The van der Waals surface area contributed by atoms with Crippen molar-refractivity contribution >= 4 is 17.5 Å². The van der Waals surface area contributed by atoms with Crippen molar-refractivity contribution in [1.29, 1.82) is 0 Å². The number of amides is 2. The van der Waals surface area contributed by atoms with Crippen LogP contribution in [0.4, 0.5) is 0 Å². The Morgan fingerprint density at radius 1 is 1.16 bits per heavy atom. The third-order valence-corrected chi connectivity index (χ3v) is 6.07. The number of nitrogens with one attached hydrogen (secondary N) is 2. The number of fused-ring (bicyclic) bond motifs is 1. The fourth-order valence-electron chi connectivity index (χ4n) is 4.45. The van der Waals surface area contributed by atoms with Crippen LogP contribution < -0.4 is 10.8 Å². The van der Waals surface area contributed by atoms with Crippen molar-refractivity contribution in [3.05, 3.63) is 71.2 Å². The van der Waals surface area contributed by atoms with Gasteiger partial charge in [0, 0.05) is 24.2 Å². The van der Waals surface area contributed by atoms with E-state index in [1.54, 1.807) is 5.48 Å². The minimum absolute atomic E-state index is 0.202. The summed E-state index contributed by atoms with van der Waals surface area (Å²) in [6.45, 7) is 4.29. The van der Waals surface area contributed by atoms with Crippen molar-refractivity contribution in [2.75, 3.05) is 0 Å². The molecule has 1 aromatic carbocycles. The summed E-state index contributed by atoms with van der Waals surface area (Å²) in [5.41, 5.74) is 6.55. The Morgan fingerprint density at radius 3 is 2.65 bits per heavy atom. The summed E-state index contributed by atoms with van der Waals surface area (Å²) in [7, 11) is 0. The normalized spacial score (nSPS) is 18.5. The smallest absolute Gasteiger partial charge is 0.251 e. The predicted octanol–water partition coefficient (Wildman–Crippen LogP) is 3.45. The number of pyridine rings is 1. The summed E-state index contributed by atoms with van der Waals surface area (Å²) < 4.78 is 2.13. The highest BCUT2D eigenvalue weighted by Crippen LogP contribution is 2.26. The molecule has 2 aromatic heterocycles. The molecule has 1 aliphatic rings. The monoisotopic (exact) mass is 420 g/mol. The molecule has 3 N–H and O–H groups in total. The van der Waals surface area contributed by atoms with E-state index in [-0.39, 0.29) is 11.9 Å². The van der Waals surface area contributed by atoms with Crippen LogP contribution in [0.2, 0.25) is 0 Å². The van der Waals surface area contributed by atoms with Crippen molar-refractivity contribution in [3.63, 3.8) is 0 Å². The van der Waals surface area contributed by atoms with E-state index in [1.807, 2.05) is 48.7 Å². The molecule has 1 saturated carbocycles. The van der Waals surface area contributed by atoms with Gasteiger partial charge in [0.05, 0.1) is 17.3 Å². The molecule has 2 amide bonds. The summed E-state index contributed by atoms with van der Waals surface area (Å²) in [5.74, 6) is -0.716. The first-order valence-corrected chi connectivity index (χ1v) is 10.8. The summed E-state index contributed by atoms with van der Waals surface area (Å²) in [6, 6.07) is 13.3. The minimum Gasteiger partial charge on any atom is -0.349 e. The van der Waals surface area contributed by atoms with Crippen molar-refractivity contribution in [2.24, 2.45) is 5.92 Å². The second-order valence-electron chi connectivity index (χ2n) is 8.49. The molecule has 1 aliphatic carbocycles. The Balaban J connectivity index is 1.49. The Hall–Kier alpha value is -3.19. The largest absolute Gasteiger partial charge is 0.349 e. The lowest BCUT2D eigenvalue weighted by atomic mass is 10.0. The van der Waals surface area contributed by atoms with Gasteiger partial charge in [-0.15, -0.1) is 0 Å². The number of hydroxylamine groups is 1. The van der Waals surface area contributed by atoms with Crippen LogP contribution >= 0.6 is 0 Å². The Bertz CT molecular complexity index is 1090. The lowest BCUT2D eigenvalue weighted by Gasteiger charge is -2.19. The zero-order chi connectivity index (χ0) is 22.0. The summed E-state index contributed by atoms with van der Waals surface area (Å²) in [5, 5.41) is 11.9. The van der Waals surface area contributed by atoms with E-state index in [1.165, 1.54) is 0 Å². The molecule has 31 heavy (non-hydrogen) atoms. The molecule has 0 spiro atoms. The molecular formula is C24H28N4O3. The van der Waals surface area contributed by atoms with Crippen molar-refractivity contribution < 1.29 is 14.8 Å². The van der Waals surface area contributed by atoms with Crippen LogP contribution in [-0.2, 0) is 11.2 Å². The predicted molar refractivity (Wildman–Crippen MR) is 117 cm³/mol. The van der Waals surface area contributed by atoms with Crippen LogP contribution in [0.3, 0.4) is 0 Å². The number of nitrogens with zero attached hydrogens (tertiary/aromatic N) is 2. The van der Waals surface area contributed by atoms with E-state index < -0.39 is 11.8 Å². The van der Waals surface area contributed by atoms with Crippen LogP contribution in [0.25, 0.3) is 5.65 Å². The highest BCUT2D eigenvalue weighted by atomic mass is 16.5. The number of hydrogen-bond donors (Lipinski definition) is 3. The third kappa shape index (κ3) is 4.32. The van der Waals surface area contributed by atoms with Crippen LogP contribution in [0.15, 0.2) is 48.7 Å². The van der Waals surface area contributed by atoms with E-state index in [9.17, 15) is 9.59 Å². The van der Waals surface area contributed by atoms with Crippen molar-refractivity contribution in [2.45, 2.75) is 51.5 Å². The fourth-order valence-corrected chi connectivity index (χ4v) is 4.45. The first-order valence-electron chi connectivity index (χ1n) is 10.8. The maximum atomic E-state index is 12.7. The van der Waals surface area contributed by atoms with Gasteiger partial charge in [0.1, 0.15) is 5.65 Å². The molecule has 1 fully saturated rings.